The van der Waals surface area contributed by atoms with E-state index in [0.29, 0.717) is 9.90 Å². The number of nitrogens with zero attached hydrogens (tertiary/aromatic N) is 2. The van der Waals surface area contributed by atoms with Crippen LogP contribution in [0.1, 0.15) is 30.6 Å². The lowest BCUT2D eigenvalue weighted by Crippen LogP contribution is -2.22. The van der Waals surface area contributed by atoms with Gasteiger partial charge in [-0.2, -0.15) is 0 Å². The first-order valence-corrected chi connectivity index (χ1v) is 11.6. The molecule has 4 rings (SSSR count). The van der Waals surface area contributed by atoms with E-state index in [4.69, 9.17) is 0 Å². The van der Waals surface area contributed by atoms with Gasteiger partial charge in [0.25, 0.3) is 10.0 Å². The van der Waals surface area contributed by atoms with Crippen LogP contribution in [0.4, 0.5) is 17.1 Å². The Balaban J connectivity index is 1.70. The molecule has 7 heteroatoms. The van der Waals surface area contributed by atoms with Crippen LogP contribution in [0.15, 0.2) is 34.5 Å². The Hall–Kier alpha value is -1.73. The summed E-state index contributed by atoms with van der Waals surface area (Å²) in [5.41, 5.74) is 2.79. The summed E-state index contributed by atoms with van der Waals surface area (Å²) in [5.74, 6) is 0. The van der Waals surface area contributed by atoms with E-state index in [2.05, 4.69) is 26.7 Å². The van der Waals surface area contributed by atoms with E-state index in [1.165, 1.54) is 24.2 Å². The van der Waals surface area contributed by atoms with Crippen molar-refractivity contribution in [3.63, 3.8) is 0 Å². The number of thiophene rings is 1. The quantitative estimate of drug-likeness (QED) is 0.835. The molecule has 1 N–H and O–H groups in total. The van der Waals surface area contributed by atoms with Gasteiger partial charge in [0.2, 0.25) is 0 Å². The minimum atomic E-state index is -3.56. The third-order valence-electron chi connectivity index (χ3n) is 5.12. The molecule has 3 heterocycles. The van der Waals surface area contributed by atoms with Gasteiger partial charge in [0.15, 0.2) is 0 Å². The fourth-order valence-electron chi connectivity index (χ4n) is 3.76. The van der Waals surface area contributed by atoms with Crippen molar-refractivity contribution in [1.82, 2.24) is 0 Å². The molecule has 0 saturated carbocycles. The molecule has 140 valence electrons. The van der Waals surface area contributed by atoms with Crippen molar-refractivity contribution < 1.29 is 8.42 Å². The molecule has 0 amide bonds. The highest BCUT2D eigenvalue weighted by atomic mass is 32.2. The third kappa shape index (κ3) is 3.55. The molecule has 0 bridgehead atoms. The van der Waals surface area contributed by atoms with Crippen molar-refractivity contribution in [2.75, 3.05) is 40.7 Å². The number of rotatable bonds is 5. The first-order chi connectivity index (χ1) is 12.5. The first kappa shape index (κ1) is 17.7. The fourth-order valence-corrected chi connectivity index (χ4v) is 6.11. The van der Waals surface area contributed by atoms with E-state index in [-0.39, 0.29) is 0 Å². The molecule has 0 radical (unpaired) electrons. The number of hydrogen-bond acceptors (Lipinski definition) is 5. The SMILES string of the molecule is Cc1ccc(S(=O)(=O)Nc2cc(N3CCCC3)ccc2N2CCCC2)s1. The first-order valence-electron chi connectivity index (χ1n) is 9.26. The van der Waals surface area contributed by atoms with Crippen LogP contribution < -0.4 is 14.5 Å². The van der Waals surface area contributed by atoms with Crippen LogP contribution in [0.2, 0.25) is 0 Å². The van der Waals surface area contributed by atoms with Crippen LogP contribution >= 0.6 is 11.3 Å². The maximum atomic E-state index is 12.9. The van der Waals surface area contributed by atoms with E-state index in [9.17, 15) is 8.42 Å². The Kier molecular flexibility index (Phi) is 4.84. The average Bonchev–Trinajstić information content (AvgIpc) is 3.37. The summed E-state index contributed by atoms with van der Waals surface area (Å²) in [6.07, 6.45) is 4.71. The largest absolute Gasteiger partial charge is 0.371 e. The van der Waals surface area contributed by atoms with Crippen LogP contribution in [0.3, 0.4) is 0 Å². The van der Waals surface area contributed by atoms with Crippen LogP contribution in [0, 0.1) is 6.92 Å². The summed E-state index contributed by atoms with van der Waals surface area (Å²) in [5, 5.41) is 0. The molecule has 0 unspecified atom stereocenters. The lowest BCUT2D eigenvalue weighted by atomic mass is 10.2. The fraction of sp³-hybridized carbons (Fsp3) is 0.474. The molecule has 0 atom stereocenters. The Labute approximate surface area is 159 Å². The normalized spacial score (nSPS) is 17.9. The van der Waals surface area contributed by atoms with E-state index < -0.39 is 10.0 Å². The topological polar surface area (TPSA) is 52.7 Å². The number of nitrogens with one attached hydrogen (secondary N) is 1. The lowest BCUT2D eigenvalue weighted by molar-refractivity contribution is 0.603. The van der Waals surface area contributed by atoms with Gasteiger partial charge in [-0.25, -0.2) is 8.42 Å². The highest BCUT2D eigenvalue weighted by Gasteiger charge is 2.23. The molecule has 2 fully saturated rings. The molecule has 2 aliphatic rings. The summed E-state index contributed by atoms with van der Waals surface area (Å²) in [7, 11) is -3.56. The number of aryl methyl sites for hydroxylation is 1. The van der Waals surface area contributed by atoms with Gasteiger partial charge in [0.05, 0.1) is 11.4 Å². The molecule has 2 saturated heterocycles. The molecular formula is C19H25N3O2S2. The zero-order valence-corrected chi connectivity index (χ0v) is 16.7. The Bertz CT molecular complexity index is 880. The zero-order valence-electron chi connectivity index (χ0n) is 15.1. The summed E-state index contributed by atoms with van der Waals surface area (Å²) in [6, 6.07) is 9.75. The van der Waals surface area contributed by atoms with E-state index >= 15 is 0 Å². The van der Waals surface area contributed by atoms with Crippen LogP contribution in [0.5, 0.6) is 0 Å². The highest BCUT2D eigenvalue weighted by Crippen LogP contribution is 2.35. The highest BCUT2D eigenvalue weighted by molar-refractivity contribution is 7.94. The lowest BCUT2D eigenvalue weighted by Gasteiger charge is -2.25. The predicted molar refractivity (Wildman–Crippen MR) is 109 cm³/mol. The second kappa shape index (κ2) is 7.12. The minimum absolute atomic E-state index is 0.369. The summed E-state index contributed by atoms with van der Waals surface area (Å²) in [4.78, 5) is 5.61. The van der Waals surface area contributed by atoms with Crippen molar-refractivity contribution >= 4 is 38.4 Å². The van der Waals surface area contributed by atoms with Crippen molar-refractivity contribution in [2.24, 2.45) is 0 Å². The molecule has 2 aromatic rings. The average molecular weight is 392 g/mol. The molecule has 1 aromatic heterocycles. The van der Waals surface area contributed by atoms with Gasteiger partial charge >= 0.3 is 0 Å². The molecule has 0 spiro atoms. The van der Waals surface area contributed by atoms with Gasteiger partial charge in [0.1, 0.15) is 4.21 Å². The zero-order chi connectivity index (χ0) is 18.1. The Morgan fingerprint density at radius 3 is 2.19 bits per heavy atom. The number of sulfonamides is 1. The molecule has 5 nitrogen and oxygen atoms in total. The number of hydrogen-bond donors (Lipinski definition) is 1. The van der Waals surface area contributed by atoms with Crippen LogP contribution in [-0.4, -0.2) is 34.6 Å². The van der Waals surface area contributed by atoms with Gasteiger partial charge in [-0.3, -0.25) is 4.72 Å². The van der Waals surface area contributed by atoms with Crippen molar-refractivity contribution in [3.8, 4) is 0 Å². The van der Waals surface area contributed by atoms with Gasteiger partial charge in [-0.1, -0.05) is 0 Å². The summed E-state index contributed by atoms with van der Waals surface area (Å²) >= 11 is 1.31. The van der Waals surface area contributed by atoms with E-state index in [1.807, 2.05) is 19.1 Å². The molecule has 1 aromatic carbocycles. The van der Waals surface area contributed by atoms with Gasteiger partial charge in [-0.05, 0) is 62.9 Å². The maximum Gasteiger partial charge on any atom is 0.271 e. The Morgan fingerprint density at radius 2 is 1.58 bits per heavy atom. The number of anilines is 3. The van der Waals surface area contributed by atoms with Gasteiger partial charge in [-0.15, -0.1) is 11.3 Å². The van der Waals surface area contributed by atoms with Crippen molar-refractivity contribution in [3.05, 3.63) is 35.2 Å². The van der Waals surface area contributed by atoms with Crippen LogP contribution in [-0.2, 0) is 10.0 Å². The predicted octanol–water partition coefficient (Wildman–Crippen LogP) is 4.06. The van der Waals surface area contributed by atoms with Crippen LogP contribution in [0.25, 0.3) is 0 Å². The van der Waals surface area contributed by atoms with E-state index in [0.717, 1.165) is 55.3 Å². The minimum Gasteiger partial charge on any atom is -0.371 e. The second-order valence-electron chi connectivity index (χ2n) is 7.06. The molecule has 0 aliphatic carbocycles. The van der Waals surface area contributed by atoms with Gasteiger partial charge < -0.3 is 9.80 Å². The van der Waals surface area contributed by atoms with Gasteiger partial charge in [0, 0.05) is 36.7 Å². The summed E-state index contributed by atoms with van der Waals surface area (Å²) < 4.78 is 29.0. The maximum absolute atomic E-state index is 12.9. The molecule has 2 aliphatic heterocycles. The number of benzene rings is 1. The third-order valence-corrected chi connectivity index (χ3v) is 7.98. The molecule has 26 heavy (non-hydrogen) atoms. The monoisotopic (exact) mass is 391 g/mol. The van der Waals surface area contributed by atoms with Crippen molar-refractivity contribution in [1.29, 1.82) is 0 Å². The Morgan fingerprint density at radius 1 is 0.923 bits per heavy atom. The van der Waals surface area contributed by atoms with E-state index in [1.54, 1.807) is 6.07 Å². The standard InChI is InChI=1S/C19H25N3O2S2/c1-15-6-9-19(25-15)26(23,24)20-17-14-16(21-10-2-3-11-21)7-8-18(17)22-12-4-5-13-22/h6-9,14,20H,2-5,10-13H2,1H3. The van der Waals surface area contributed by atoms with Crippen molar-refractivity contribution in [2.45, 2.75) is 36.8 Å². The summed E-state index contributed by atoms with van der Waals surface area (Å²) in [6.45, 7) is 5.97. The second-order valence-corrected chi connectivity index (χ2v) is 10.3. The smallest absolute Gasteiger partial charge is 0.271 e. The molecular weight excluding hydrogens is 366 g/mol.